The predicted molar refractivity (Wildman–Crippen MR) is 43.3 cm³/mol. The number of nitrogens with zero attached hydrogens (tertiary/aromatic N) is 1. The van der Waals surface area contributed by atoms with Gasteiger partial charge in [-0.25, -0.2) is 4.98 Å². The van der Waals surface area contributed by atoms with Gasteiger partial charge in [-0.15, -0.1) is 0 Å². The van der Waals surface area contributed by atoms with Gasteiger partial charge in [-0.2, -0.15) is 0 Å². The molecule has 0 saturated carbocycles. The number of aromatic nitrogens is 1. The van der Waals surface area contributed by atoms with Gasteiger partial charge in [-0.1, -0.05) is 11.6 Å². The van der Waals surface area contributed by atoms with Crippen LogP contribution in [-0.2, 0) is 0 Å². The van der Waals surface area contributed by atoms with Crippen molar-refractivity contribution in [1.82, 2.24) is 4.98 Å². The first-order valence-electron chi connectivity index (χ1n) is 2.63. The molecule has 0 radical (unpaired) electrons. The fourth-order valence-corrected chi connectivity index (χ4v) is 1.44. The molecule has 1 rings (SSSR count). The normalized spacial score (nSPS) is 9.90. The topological polar surface area (TPSA) is 33.1 Å². The lowest BCUT2D eigenvalue weighted by molar-refractivity contribution is 0.464. The summed E-state index contributed by atoms with van der Waals surface area (Å²) in [5.74, 6) is 0.143. The van der Waals surface area contributed by atoms with E-state index in [-0.39, 0.29) is 5.75 Å². The second kappa shape index (κ2) is 2.76. The van der Waals surface area contributed by atoms with Crippen molar-refractivity contribution in [1.29, 1.82) is 0 Å². The van der Waals surface area contributed by atoms with Crippen LogP contribution in [0.4, 0.5) is 0 Å². The Kier molecular flexibility index (Phi) is 2.16. The Morgan fingerprint density at radius 2 is 2.30 bits per heavy atom. The Morgan fingerprint density at radius 3 is 2.80 bits per heavy atom. The van der Waals surface area contributed by atoms with E-state index >= 15 is 0 Å². The van der Waals surface area contributed by atoms with Gasteiger partial charge in [0.1, 0.15) is 9.76 Å². The highest BCUT2D eigenvalue weighted by Gasteiger charge is 2.03. The van der Waals surface area contributed by atoms with Crippen molar-refractivity contribution in [3.8, 4) is 5.75 Å². The molecule has 1 N–H and O–H groups in total. The molecule has 4 heteroatoms. The van der Waals surface area contributed by atoms with E-state index < -0.39 is 0 Å². The molecule has 2 nitrogen and oxygen atoms in total. The number of aryl methyl sites for hydroxylation is 1. The smallest absolute Gasteiger partial charge is 0.151 e. The third kappa shape index (κ3) is 1.41. The summed E-state index contributed by atoms with van der Waals surface area (Å²) in [6, 6.07) is 1.60. The van der Waals surface area contributed by atoms with E-state index in [0.29, 0.717) is 15.3 Å². The molecule has 0 atom stereocenters. The minimum atomic E-state index is 0.143. The lowest BCUT2D eigenvalue weighted by Crippen LogP contribution is -1.81. The van der Waals surface area contributed by atoms with Crippen LogP contribution in [0.25, 0.3) is 0 Å². The average Bonchev–Trinajstić information content (AvgIpc) is 1.82. The molecule has 0 unspecified atom stereocenters. The molecule has 0 aliphatic carbocycles. The highest BCUT2D eigenvalue weighted by Crippen LogP contribution is 2.27. The minimum Gasteiger partial charge on any atom is -0.505 e. The Balaban J connectivity index is 3.31. The number of halogens is 2. The summed E-state index contributed by atoms with van der Waals surface area (Å²) in [5, 5.41) is 9.54. The molecule has 1 heterocycles. The largest absolute Gasteiger partial charge is 0.505 e. The molecule has 0 aliphatic rings. The van der Waals surface area contributed by atoms with E-state index in [9.17, 15) is 0 Å². The molecule has 0 saturated heterocycles. The summed E-state index contributed by atoms with van der Waals surface area (Å²) >= 11 is 8.62. The summed E-state index contributed by atoms with van der Waals surface area (Å²) in [6.07, 6.45) is 0. The number of aromatic hydroxyl groups is 1. The summed E-state index contributed by atoms with van der Waals surface area (Å²) in [4.78, 5) is 3.77. The third-order valence-corrected chi connectivity index (χ3v) is 1.86. The second-order valence-corrected chi connectivity index (χ2v) is 3.04. The van der Waals surface area contributed by atoms with Crippen molar-refractivity contribution in [3.63, 3.8) is 0 Å². The van der Waals surface area contributed by atoms with Crippen molar-refractivity contribution in [2.75, 3.05) is 0 Å². The first kappa shape index (κ1) is 7.82. The Labute approximate surface area is 72.0 Å². The molecule has 1 aromatic heterocycles. The van der Waals surface area contributed by atoms with E-state index in [2.05, 4.69) is 20.9 Å². The van der Waals surface area contributed by atoms with Gasteiger partial charge in [0.15, 0.2) is 5.75 Å². The number of hydrogen-bond donors (Lipinski definition) is 1. The molecule has 54 valence electrons. The van der Waals surface area contributed by atoms with E-state index in [1.807, 2.05) is 0 Å². The van der Waals surface area contributed by atoms with Crippen molar-refractivity contribution in [2.24, 2.45) is 0 Å². The van der Waals surface area contributed by atoms with Gasteiger partial charge in [0, 0.05) is 0 Å². The van der Waals surface area contributed by atoms with Crippen molar-refractivity contribution in [3.05, 3.63) is 21.4 Å². The maximum Gasteiger partial charge on any atom is 0.151 e. The van der Waals surface area contributed by atoms with Gasteiger partial charge < -0.3 is 5.11 Å². The zero-order valence-electron chi connectivity index (χ0n) is 5.23. The van der Waals surface area contributed by atoms with Crippen LogP contribution >= 0.6 is 27.5 Å². The molecule has 0 amide bonds. The van der Waals surface area contributed by atoms with Crippen LogP contribution in [0.3, 0.4) is 0 Å². The van der Waals surface area contributed by atoms with Gasteiger partial charge in [0.25, 0.3) is 0 Å². The first-order chi connectivity index (χ1) is 4.61. The Bertz CT molecular complexity index is 241. The highest BCUT2D eigenvalue weighted by molar-refractivity contribution is 9.10. The maximum atomic E-state index is 9.16. The van der Waals surface area contributed by atoms with Crippen LogP contribution in [0.15, 0.2) is 10.7 Å². The number of hydrogen-bond acceptors (Lipinski definition) is 2. The van der Waals surface area contributed by atoms with Crippen LogP contribution in [0, 0.1) is 6.92 Å². The fourth-order valence-electron chi connectivity index (χ4n) is 0.589. The van der Waals surface area contributed by atoms with Crippen molar-refractivity contribution in [2.45, 2.75) is 6.92 Å². The van der Waals surface area contributed by atoms with E-state index in [1.165, 1.54) is 0 Å². The summed E-state index contributed by atoms with van der Waals surface area (Å²) in [7, 11) is 0. The highest BCUT2D eigenvalue weighted by atomic mass is 79.9. The van der Waals surface area contributed by atoms with Crippen LogP contribution < -0.4 is 0 Å². The Morgan fingerprint density at radius 1 is 1.70 bits per heavy atom. The molecule has 0 fully saturated rings. The summed E-state index contributed by atoms with van der Waals surface area (Å²) in [6.45, 7) is 1.76. The van der Waals surface area contributed by atoms with Gasteiger partial charge in [0.2, 0.25) is 0 Å². The lowest BCUT2D eigenvalue weighted by Gasteiger charge is -1.99. The average molecular weight is 222 g/mol. The Hall–Kier alpha value is -0.280. The monoisotopic (exact) mass is 221 g/mol. The van der Waals surface area contributed by atoms with Gasteiger partial charge in [-0.05, 0) is 34.5 Å². The summed E-state index contributed by atoms with van der Waals surface area (Å²) in [5.41, 5.74) is 0.715. The van der Waals surface area contributed by atoms with Crippen molar-refractivity contribution >= 4 is 27.5 Å². The lowest BCUT2D eigenvalue weighted by atomic mass is 10.3. The van der Waals surface area contributed by atoms with E-state index in [1.54, 1.807) is 13.0 Å². The molecule has 0 spiro atoms. The molecular weight excluding hydrogens is 217 g/mol. The number of rotatable bonds is 0. The maximum absolute atomic E-state index is 9.16. The molecule has 0 aliphatic heterocycles. The van der Waals surface area contributed by atoms with Crippen LogP contribution in [0.2, 0.25) is 5.15 Å². The van der Waals surface area contributed by atoms with Gasteiger partial charge >= 0.3 is 0 Å². The van der Waals surface area contributed by atoms with Crippen LogP contribution in [0.1, 0.15) is 5.56 Å². The predicted octanol–water partition coefficient (Wildman–Crippen LogP) is 2.51. The van der Waals surface area contributed by atoms with Crippen LogP contribution in [0.5, 0.6) is 5.75 Å². The van der Waals surface area contributed by atoms with Gasteiger partial charge in [0.05, 0.1) is 0 Å². The SMILES string of the molecule is Cc1cc(Cl)nc(Br)c1O. The molecule has 10 heavy (non-hydrogen) atoms. The minimum absolute atomic E-state index is 0.143. The molecule has 0 aromatic carbocycles. The zero-order chi connectivity index (χ0) is 7.72. The third-order valence-electron chi connectivity index (χ3n) is 1.11. The van der Waals surface area contributed by atoms with E-state index in [0.717, 1.165) is 0 Å². The quantitative estimate of drug-likeness (QED) is 0.684. The molecular formula is C6H5BrClNO. The van der Waals surface area contributed by atoms with Gasteiger partial charge in [-0.3, -0.25) is 0 Å². The second-order valence-electron chi connectivity index (χ2n) is 1.90. The zero-order valence-corrected chi connectivity index (χ0v) is 7.57. The molecule has 0 bridgehead atoms. The molecule has 1 aromatic rings. The van der Waals surface area contributed by atoms with E-state index in [4.69, 9.17) is 16.7 Å². The van der Waals surface area contributed by atoms with Crippen molar-refractivity contribution < 1.29 is 5.11 Å². The van der Waals surface area contributed by atoms with Crippen LogP contribution in [-0.4, -0.2) is 10.1 Å². The fraction of sp³-hybridized carbons (Fsp3) is 0.167. The first-order valence-corrected chi connectivity index (χ1v) is 3.80. The number of pyridine rings is 1. The summed E-state index contributed by atoms with van der Waals surface area (Å²) < 4.78 is 0.387. The standard InChI is InChI=1S/C6H5BrClNO/c1-3-2-4(8)9-6(7)5(3)10/h2,10H,1H3.